The lowest BCUT2D eigenvalue weighted by atomic mass is 9.84. The first kappa shape index (κ1) is 14.4. The molecule has 0 bridgehead atoms. The van der Waals surface area contributed by atoms with E-state index in [1.165, 1.54) is 25.8 Å². The van der Waals surface area contributed by atoms with Crippen molar-refractivity contribution in [2.24, 2.45) is 5.41 Å². The molecule has 0 aromatic heterocycles. The SMILES string of the molecule is CCC(C)N(C)CC(CC)(CC)CBr. The van der Waals surface area contributed by atoms with Gasteiger partial charge in [0, 0.05) is 17.9 Å². The van der Waals surface area contributed by atoms with Crippen molar-refractivity contribution in [2.75, 3.05) is 18.9 Å². The number of alkyl halides is 1. The molecular weight excluding hydrogens is 238 g/mol. The zero-order valence-corrected chi connectivity index (χ0v) is 12.0. The molecule has 0 aliphatic rings. The van der Waals surface area contributed by atoms with Crippen LogP contribution in [-0.2, 0) is 0 Å². The van der Waals surface area contributed by atoms with Crippen molar-refractivity contribution < 1.29 is 0 Å². The van der Waals surface area contributed by atoms with Gasteiger partial charge in [-0.25, -0.2) is 0 Å². The van der Waals surface area contributed by atoms with Crippen LogP contribution in [0.1, 0.15) is 47.0 Å². The van der Waals surface area contributed by atoms with Crippen molar-refractivity contribution in [1.82, 2.24) is 4.90 Å². The number of hydrogen-bond acceptors (Lipinski definition) is 1. The van der Waals surface area contributed by atoms with Crippen LogP contribution in [0.5, 0.6) is 0 Å². The first-order chi connectivity index (χ1) is 6.55. The van der Waals surface area contributed by atoms with E-state index in [4.69, 9.17) is 0 Å². The monoisotopic (exact) mass is 263 g/mol. The average Bonchev–Trinajstić information content (AvgIpc) is 2.24. The van der Waals surface area contributed by atoms with Crippen LogP contribution in [0.3, 0.4) is 0 Å². The molecular formula is C12H26BrN. The Balaban J connectivity index is 4.28. The van der Waals surface area contributed by atoms with Crippen molar-refractivity contribution in [1.29, 1.82) is 0 Å². The van der Waals surface area contributed by atoms with Gasteiger partial charge in [0.25, 0.3) is 0 Å². The van der Waals surface area contributed by atoms with Crippen molar-refractivity contribution >= 4 is 15.9 Å². The third kappa shape index (κ3) is 3.90. The summed E-state index contributed by atoms with van der Waals surface area (Å²) >= 11 is 3.67. The van der Waals surface area contributed by atoms with Crippen LogP contribution in [-0.4, -0.2) is 29.9 Å². The minimum Gasteiger partial charge on any atom is -0.303 e. The Morgan fingerprint density at radius 1 is 1.21 bits per heavy atom. The molecule has 0 rings (SSSR count). The second-order valence-electron chi connectivity index (χ2n) is 4.51. The van der Waals surface area contributed by atoms with Crippen molar-refractivity contribution in [3.63, 3.8) is 0 Å². The molecule has 0 N–H and O–H groups in total. The number of halogens is 1. The third-order valence-corrected chi connectivity index (χ3v) is 4.90. The molecule has 1 unspecified atom stereocenters. The van der Waals surface area contributed by atoms with Gasteiger partial charge in [-0.05, 0) is 38.6 Å². The summed E-state index contributed by atoms with van der Waals surface area (Å²) in [5.74, 6) is 0. The average molecular weight is 264 g/mol. The highest BCUT2D eigenvalue weighted by molar-refractivity contribution is 9.09. The summed E-state index contributed by atoms with van der Waals surface area (Å²) in [5, 5.41) is 1.12. The molecule has 0 aliphatic carbocycles. The standard InChI is InChI=1S/C12H26BrN/c1-6-11(4)14(5)10-12(7-2,8-3)9-13/h11H,6-10H2,1-5H3. The maximum absolute atomic E-state index is 3.67. The van der Waals surface area contributed by atoms with Gasteiger partial charge in [0.1, 0.15) is 0 Å². The van der Waals surface area contributed by atoms with Crippen LogP contribution in [0, 0.1) is 5.41 Å². The smallest absolute Gasteiger partial charge is 0.01000 e. The van der Waals surface area contributed by atoms with E-state index in [-0.39, 0.29) is 0 Å². The van der Waals surface area contributed by atoms with Gasteiger partial charge in [0.2, 0.25) is 0 Å². The Labute approximate surface area is 98.4 Å². The predicted molar refractivity (Wildman–Crippen MR) is 69.2 cm³/mol. The molecule has 0 saturated carbocycles. The Kier molecular flexibility index (Phi) is 7.05. The summed E-state index contributed by atoms with van der Waals surface area (Å²) in [6.07, 6.45) is 3.76. The van der Waals surface area contributed by atoms with Gasteiger partial charge in [0.05, 0.1) is 0 Å². The Morgan fingerprint density at radius 3 is 2.00 bits per heavy atom. The van der Waals surface area contributed by atoms with E-state index in [2.05, 4.69) is 55.6 Å². The second kappa shape index (κ2) is 6.84. The molecule has 0 aromatic carbocycles. The van der Waals surface area contributed by atoms with Crippen molar-refractivity contribution in [3.05, 3.63) is 0 Å². The molecule has 0 heterocycles. The highest BCUT2D eigenvalue weighted by Crippen LogP contribution is 2.30. The maximum Gasteiger partial charge on any atom is 0.01000 e. The van der Waals surface area contributed by atoms with E-state index >= 15 is 0 Å². The molecule has 0 fully saturated rings. The molecule has 1 atom stereocenters. The lowest BCUT2D eigenvalue weighted by molar-refractivity contribution is 0.148. The van der Waals surface area contributed by atoms with Crippen LogP contribution >= 0.6 is 15.9 Å². The van der Waals surface area contributed by atoms with Gasteiger partial charge in [-0.1, -0.05) is 36.7 Å². The Bertz CT molecular complexity index is 135. The fourth-order valence-electron chi connectivity index (χ4n) is 1.70. The summed E-state index contributed by atoms with van der Waals surface area (Å²) in [5.41, 5.74) is 0.470. The third-order valence-electron chi connectivity index (χ3n) is 3.71. The molecule has 86 valence electrons. The van der Waals surface area contributed by atoms with Gasteiger partial charge in [0.15, 0.2) is 0 Å². The number of hydrogen-bond donors (Lipinski definition) is 0. The highest BCUT2D eigenvalue weighted by atomic mass is 79.9. The molecule has 0 aliphatic heterocycles. The quantitative estimate of drug-likeness (QED) is 0.630. The zero-order valence-electron chi connectivity index (χ0n) is 10.4. The van der Waals surface area contributed by atoms with E-state index in [0.717, 1.165) is 5.33 Å². The van der Waals surface area contributed by atoms with Crippen molar-refractivity contribution in [3.8, 4) is 0 Å². The highest BCUT2D eigenvalue weighted by Gasteiger charge is 2.27. The zero-order chi connectivity index (χ0) is 11.2. The van der Waals surface area contributed by atoms with Crippen LogP contribution in [0.4, 0.5) is 0 Å². The Morgan fingerprint density at radius 2 is 1.71 bits per heavy atom. The van der Waals surface area contributed by atoms with Gasteiger partial charge in [-0.3, -0.25) is 0 Å². The first-order valence-electron chi connectivity index (χ1n) is 5.81. The largest absolute Gasteiger partial charge is 0.303 e. The molecule has 0 amide bonds. The minimum atomic E-state index is 0.470. The molecule has 1 nitrogen and oxygen atoms in total. The lowest BCUT2D eigenvalue weighted by Crippen LogP contribution is -2.40. The summed E-state index contributed by atoms with van der Waals surface area (Å²) < 4.78 is 0. The summed E-state index contributed by atoms with van der Waals surface area (Å²) in [4.78, 5) is 2.49. The van der Waals surface area contributed by atoms with Gasteiger partial charge in [-0.15, -0.1) is 0 Å². The van der Waals surface area contributed by atoms with Crippen LogP contribution < -0.4 is 0 Å². The Hall–Kier alpha value is 0.440. The molecule has 14 heavy (non-hydrogen) atoms. The maximum atomic E-state index is 3.67. The van der Waals surface area contributed by atoms with E-state index in [9.17, 15) is 0 Å². The van der Waals surface area contributed by atoms with E-state index in [0.29, 0.717) is 11.5 Å². The normalized spacial score (nSPS) is 14.8. The van der Waals surface area contributed by atoms with Crippen LogP contribution in [0.25, 0.3) is 0 Å². The van der Waals surface area contributed by atoms with E-state index < -0.39 is 0 Å². The summed E-state index contributed by atoms with van der Waals surface area (Å²) in [6, 6.07) is 0.700. The first-order valence-corrected chi connectivity index (χ1v) is 6.93. The number of rotatable bonds is 7. The second-order valence-corrected chi connectivity index (χ2v) is 5.07. The van der Waals surface area contributed by atoms with Crippen LogP contribution in [0.15, 0.2) is 0 Å². The lowest BCUT2D eigenvalue weighted by Gasteiger charge is -2.36. The topological polar surface area (TPSA) is 3.24 Å². The van der Waals surface area contributed by atoms with Gasteiger partial charge >= 0.3 is 0 Å². The summed E-state index contributed by atoms with van der Waals surface area (Å²) in [6.45, 7) is 10.4. The molecule has 0 saturated heterocycles. The minimum absolute atomic E-state index is 0.470. The van der Waals surface area contributed by atoms with Gasteiger partial charge in [-0.2, -0.15) is 0 Å². The molecule has 0 spiro atoms. The van der Waals surface area contributed by atoms with E-state index in [1.807, 2.05) is 0 Å². The number of nitrogens with zero attached hydrogens (tertiary/aromatic N) is 1. The molecule has 0 aromatic rings. The predicted octanol–water partition coefficient (Wildman–Crippen LogP) is 3.92. The fraction of sp³-hybridized carbons (Fsp3) is 1.00. The van der Waals surface area contributed by atoms with E-state index in [1.54, 1.807) is 0 Å². The fourth-order valence-corrected chi connectivity index (χ4v) is 2.67. The molecule has 0 radical (unpaired) electrons. The summed E-state index contributed by atoms with van der Waals surface area (Å²) in [7, 11) is 2.25. The molecule has 2 heteroatoms. The van der Waals surface area contributed by atoms with Crippen molar-refractivity contribution in [2.45, 2.75) is 53.0 Å². The van der Waals surface area contributed by atoms with Crippen LogP contribution in [0.2, 0.25) is 0 Å². The van der Waals surface area contributed by atoms with Gasteiger partial charge < -0.3 is 4.90 Å².